The number of benzodiazepines with no additional fused rings is 1. The van der Waals surface area contributed by atoms with Crippen molar-refractivity contribution >= 4 is 29.2 Å². The number of halogens is 1. The molecule has 2 aliphatic rings. The van der Waals surface area contributed by atoms with E-state index in [0.29, 0.717) is 22.5 Å². The number of fused-ring (bicyclic) bond motifs is 1. The van der Waals surface area contributed by atoms with Crippen LogP contribution in [0.25, 0.3) is 0 Å². The first-order valence-corrected chi connectivity index (χ1v) is 9.80. The van der Waals surface area contributed by atoms with E-state index in [-0.39, 0.29) is 0 Å². The molecule has 8 nitrogen and oxygen atoms in total. The smallest absolute Gasteiger partial charge is 0.350 e. The minimum Gasteiger partial charge on any atom is -0.419 e. The molecule has 1 fully saturated rings. The molecular formula is C23H20FN3O5. The second-order valence-corrected chi connectivity index (χ2v) is 7.71. The van der Waals surface area contributed by atoms with E-state index in [1.54, 1.807) is 24.3 Å². The summed E-state index contributed by atoms with van der Waals surface area (Å²) in [6.45, 7) is 2.87. The zero-order valence-corrected chi connectivity index (χ0v) is 17.6. The zero-order chi connectivity index (χ0) is 23.0. The second-order valence-electron chi connectivity index (χ2n) is 7.71. The Morgan fingerprint density at radius 1 is 1.06 bits per heavy atom. The summed E-state index contributed by atoms with van der Waals surface area (Å²) >= 11 is 0. The summed E-state index contributed by atoms with van der Waals surface area (Å²) in [5, 5.41) is 2.71. The molecule has 2 aromatic rings. The van der Waals surface area contributed by atoms with E-state index in [0.717, 1.165) is 6.20 Å². The first-order valence-electron chi connectivity index (χ1n) is 9.80. The standard InChI is InChI=1S/C23H20FN3O5/c1-23(2)31-21(29)16(22(30)32-23)12-25-19-20(28)27(3)17-10-9-14(24)11-15(17)18(26-19)13-7-5-4-6-8-13/h4-12,19,25H,1-3H3/t19-/m0/s1. The van der Waals surface area contributed by atoms with Gasteiger partial charge in [-0.15, -0.1) is 0 Å². The molecule has 1 saturated heterocycles. The molecule has 0 saturated carbocycles. The van der Waals surface area contributed by atoms with Crippen molar-refractivity contribution in [2.45, 2.75) is 25.8 Å². The lowest BCUT2D eigenvalue weighted by molar-refractivity contribution is -0.222. The maximum Gasteiger partial charge on any atom is 0.350 e. The van der Waals surface area contributed by atoms with Crippen LogP contribution in [-0.2, 0) is 23.9 Å². The Kier molecular flexibility index (Phi) is 5.25. The number of ether oxygens (including phenoxy) is 2. The largest absolute Gasteiger partial charge is 0.419 e. The van der Waals surface area contributed by atoms with Crippen LogP contribution in [0.15, 0.2) is 65.3 Å². The Morgan fingerprint density at radius 2 is 1.72 bits per heavy atom. The summed E-state index contributed by atoms with van der Waals surface area (Å²) in [7, 11) is 1.54. The highest BCUT2D eigenvalue weighted by Gasteiger charge is 2.39. The van der Waals surface area contributed by atoms with Crippen LogP contribution in [-0.4, -0.2) is 42.6 Å². The maximum atomic E-state index is 14.1. The van der Waals surface area contributed by atoms with Crippen LogP contribution in [0, 0.1) is 5.82 Å². The fourth-order valence-electron chi connectivity index (χ4n) is 3.42. The molecule has 0 spiro atoms. The Balaban J connectivity index is 1.76. The molecular weight excluding hydrogens is 417 g/mol. The number of nitrogens with one attached hydrogen (secondary N) is 1. The predicted molar refractivity (Wildman–Crippen MR) is 113 cm³/mol. The number of hydrogen-bond acceptors (Lipinski definition) is 7. The van der Waals surface area contributed by atoms with Crippen molar-refractivity contribution in [3.05, 3.63) is 77.2 Å². The van der Waals surface area contributed by atoms with E-state index in [9.17, 15) is 18.8 Å². The number of aliphatic imine (C=N–C) groups is 1. The van der Waals surface area contributed by atoms with Gasteiger partial charge in [-0.05, 0) is 18.2 Å². The van der Waals surface area contributed by atoms with E-state index in [1.165, 1.54) is 44.0 Å². The van der Waals surface area contributed by atoms with Crippen molar-refractivity contribution in [1.82, 2.24) is 5.32 Å². The Bertz CT molecular complexity index is 1150. The summed E-state index contributed by atoms with van der Waals surface area (Å²) < 4.78 is 24.2. The molecule has 164 valence electrons. The van der Waals surface area contributed by atoms with E-state index >= 15 is 0 Å². The van der Waals surface area contributed by atoms with Crippen LogP contribution in [0.5, 0.6) is 0 Å². The summed E-state index contributed by atoms with van der Waals surface area (Å²) in [4.78, 5) is 43.4. The molecule has 0 bridgehead atoms. The van der Waals surface area contributed by atoms with Crippen LogP contribution in [0.3, 0.4) is 0 Å². The average Bonchev–Trinajstić information content (AvgIpc) is 2.83. The monoisotopic (exact) mass is 437 g/mol. The third-order valence-corrected chi connectivity index (χ3v) is 4.95. The third kappa shape index (κ3) is 3.96. The number of nitrogens with zero attached hydrogens (tertiary/aromatic N) is 2. The molecule has 0 radical (unpaired) electrons. The van der Waals surface area contributed by atoms with Gasteiger partial charge in [0.15, 0.2) is 11.7 Å². The average molecular weight is 437 g/mol. The van der Waals surface area contributed by atoms with Crippen LogP contribution in [0.4, 0.5) is 10.1 Å². The first kappa shape index (κ1) is 21.2. The van der Waals surface area contributed by atoms with E-state index in [1.807, 2.05) is 6.07 Å². The second kappa shape index (κ2) is 7.92. The van der Waals surface area contributed by atoms with E-state index in [2.05, 4.69) is 10.3 Å². The van der Waals surface area contributed by atoms with E-state index < -0.39 is 41.2 Å². The van der Waals surface area contributed by atoms with Gasteiger partial charge in [0.1, 0.15) is 5.82 Å². The highest BCUT2D eigenvalue weighted by Crippen LogP contribution is 2.28. The highest BCUT2D eigenvalue weighted by molar-refractivity contribution is 6.20. The lowest BCUT2D eigenvalue weighted by atomic mass is 10.00. The number of cyclic esters (lactones) is 2. The summed E-state index contributed by atoms with van der Waals surface area (Å²) in [5.74, 6) is -4.10. The van der Waals surface area contributed by atoms with Crippen molar-refractivity contribution in [2.24, 2.45) is 4.99 Å². The SMILES string of the molecule is CN1C(=O)[C@@H](NC=C2C(=O)OC(C)(C)OC2=O)N=C(c2ccccc2)c2cc(F)ccc21. The summed E-state index contributed by atoms with van der Waals surface area (Å²) in [5.41, 5.74) is 1.55. The quantitative estimate of drug-likeness (QED) is 0.450. The molecule has 0 aliphatic carbocycles. The van der Waals surface area contributed by atoms with Crippen LogP contribution >= 0.6 is 0 Å². The molecule has 2 aliphatic heterocycles. The Morgan fingerprint density at radius 3 is 2.38 bits per heavy atom. The van der Waals surface area contributed by atoms with E-state index in [4.69, 9.17) is 9.47 Å². The number of hydrogen-bond donors (Lipinski definition) is 1. The minimum absolute atomic E-state index is 0.378. The Labute approximate surface area is 183 Å². The molecule has 4 rings (SSSR count). The van der Waals surface area contributed by atoms with Gasteiger partial charge in [0.05, 0.1) is 11.4 Å². The van der Waals surface area contributed by atoms with Crippen LogP contribution in [0.2, 0.25) is 0 Å². The van der Waals surface area contributed by atoms with Gasteiger partial charge in [-0.3, -0.25) is 4.79 Å². The molecule has 2 aromatic carbocycles. The van der Waals surface area contributed by atoms with Crippen molar-refractivity contribution in [3.8, 4) is 0 Å². The lowest BCUT2D eigenvalue weighted by Crippen LogP contribution is -2.44. The molecule has 9 heteroatoms. The van der Waals surface area contributed by atoms with Crippen molar-refractivity contribution in [2.75, 3.05) is 11.9 Å². The number of likely N-dealkylation sites (N-methyl/N-ethyl adjacent to an activating group) is 1. The summed E-state index contributed by atoms with van der Waals surface area (Å²) in [6, 6.07) is 13.1. The number of benzene rings is 2. The number of esters is 2. The number of amides is 1. The van der Waals surface area contributed by atoms with Gasteiger partial charge in [0.2, 0.25) is 0 Å². The number of carbonyl (C=O) groups excluding carboxylic acids is 3. The molecule has 0 aromatic heterocycles. The lowest BCUT2D eigenvalue weighted by Gasteiger charge is -2.29. The van der Waals surface area contributed by atoms with Crippen molar-refractivity contribution in [1.29, 1.82) is 0 Å². The normalized spacial score (nSPS) is 19.9. The van der Waals surface area contributed by atoms with Gasteiger partial charge in [0, 0.05) is 38.2 Å². The molecule has 1 amide bonds. The van der Waals surface area contributed by atoms with Gasteiger partial charge < -0.3 is 19.7 Å². The number of rotatable bonds is 3. The van der Waals surface area contributed by atoms with Gasteiger partial charge in [0.25, 0.3) is 11.7 Å². The van der Waals surface area contributed by atoms with Crippen molar-refractivity contribution in [3.63, 3.8) is 0 Å². The van der Waals surface area contributed by atoms with Gasteiger partial charge in [-0.1, -0.05) is 30.3 Å². The first-order chi connectivity index (χ1) is 15.2. The number of anilines is 1. The summed E-state index contributed by atoms with van der Waals surface area (Å²) in [6.07, 6.45) is -0.146. The minimum atomic E-state index is -1.38. The third-order valence-electron chi connectivity index (χ3n) is 4.95. The topological polar surface area (TPSA) is 97.3 Å². The molecule has 32 heavy (non-hydrogen) atoms. The molecule has 1 N–H and O–H groups in total. The number of carbonyl (C=O) groups is 3. The highest BCUT2D eigenvalue weighted by atomic mass is 19.1. The van der Waals surface area contributed by atoms with Gasteiger partial charge in [-0.2, -0.15) is 0 Å². The Hall–Kier alpha value is -4.01. The predicted octanol–water partition coefficient (Wildman–Crippen LogP) is 2.28. The van der Waals surface area contributed by atoms with Crippen molar-refractivity contribution < 1.29 is 28.2 Å². The maximum absolute atomic E-state index is 14.1. The molecule has 1 atom stereocenters. The molecule has 2 heterocycles. The van der Waals surface area contributed by atoms with Crippen LogP contribution < -0.4 is 10.2 Å². The zero-order valence-electron chi connectivity index (χ0n) is 17.6. The van der Waals surface area contributed by atoms with Crippen LogP contribution in [0.1, 0.15) is 25.0 Å². The fourth-order valence-corrected chi connectivity index (χ4v) is 3.42. The fraction of sp³-hybridized carbons (Fsp3) is 0.217. The van der Waals surface area contributed by atoms with Gasteiger partial charge >= 0.3 is 11.9 Å². The molecule has 0 unspecified atom stereocenters. The van der Waals surface area contributed by atoms with Gasteiger partial charge in [-0.25, -0.2) is 19.0 Å².